The summed E-state index contributed by atoms with van der Waals surface area (Å²) in [4.78, 5) is 28.2. The number of ether oxygens (including phenoxy) is 1. The van der Waals surface area contributed by atoms with Crippen molar-refractivity contribution in [1.82, 2.24) is 4.98 Å². The van der Waals surface area contributed by atoms with Crippen LogP contribution in [0.5, 0.6) is 11.5 Å². The van der Waals surface area contributed by atoms with Crippen LogP contribution < -0.4 is 15.4 Å². The molecule has 0 unspecified atom stereocenters. The van der Waals surface area contributed by atoms with Crippen LogP contribution in [0.3, 0.4) is 0 Å². The van der Waals surface area contributed by atoms with Gasteiger partial charge in [0.05, 0.1) is 10.6 Å². The average Bonchev–Trinajstić information content (AvgIpc) is 3.67. The van der Waals surface area contributed by atoms with Crippen LogP contribution in [-0.4, -0.2) is 16.8 Å². The molecular weight excluding hydrogens is 514 g/mol. The summed E-state index contributed by atoms with van der Waals surface area (Å²) in [6, 6.07) is 10.5. The number of aromatic nitrogens is 1. The molecule has 1 aliphatic carbocycles. The van der Waals surface area contributed by atoms with Gasteiger partial charge in [0.15, 0.2) is 11.6 Å². The molecule has 0 bridgehead atoms. The van der Waals surface area contributed by atoms with Crippen LogP contribution in [0.2, 0.25) is 5.02 Å². The number of rotatable bonds is 9. The van der Waals surface area contributed by atoms with Gasteiger partial charge in [-0.1, -0.05) is 17.7 Å². The molecule has 3 aromatic rings. The minimum Gasteiger partial charge on any atom is -0.454 e. The number of hydrogen-bond donors (Lipinski definition) is 2. The summed E-state index contributed by atoms with van der Waals surface area (Å²) in [6.45, 7) is 0. The fourth-order valence-corrected chi connectivity index (χ4v) is 3.75. The molecule has 194 valence electrons. The van der Waals surface area contributed by atoms with Gasteiger partial charge in [-0.25, -0.2) is 9.37 Å². The first-order valence-corrected chi connectivity index (χ1v) is 11.9. The molecule has 1 heterocycles. The van der Waals surface area contributed by atoms with Crippen molar-refractivity contribution < 1.29 is 31.9 Å². The largest absolute Gasteiger partial charge is 0.454 e. The number of hydrogen-bond acceptors (Lipinski definition) is 4. The van der Waals surface area contributed by atoms with E-state index in [9.17, 15) is 27.2 Å². The first-order chi connectivity index (χ1) is 17.6. The van der Waals surface area contributed by atoms with Gasteiger partial charge in [-0.3, -0.25) is 9.59 Å². The summed E-state index contributed by atoms with van der Waals surface area (Å²) >= 11 is 5.62. The number of halogens is 5. The summed E-state index contributed by atoms with van der Waals surface area (Å²) in [5, 5.41) is 4.86. The van der Waals surface area contributed by atoms with Crippen LogP contribution in [-0.2, 0) is 22.2 Å². The monoisotopic (exact) mass is 535 g/mol. The summed E-state index contributed by atoms with van der Waals surface area (Å²) in [6.07, 6.45) is -0.882. The fraction of sp³-hybridized carbons (Fsp3) is 0.269. The lowest BCUT2D eigenvalue weighted by Gasteiger charge is -2.11. The molecule has 0 aliphatic heterocycles. The Morgan fingerprint density at radius 1 is 1.05 bits per heavy atom. The van der Waals surface area contributed by atoms with Gasteiger partial charge in [0.2, 0.25) is 11.8 Å². The summed E-state index contributed by atoms with van der Waals surface area (Å²) < 4.78 is 59.1. The van der Waals surface area contributed by atoms with Crippen LogP contribution in [0.1, 0.15) is 36.8 Å². The van der Waals surface area contributed by atoms with E-state index in [1.54, 1.807) is 0 Å². The van der Waals surface area contributed by atoms with Gasteiger partial charge >= 0.3 is 6.18 Å². The molecule has 0 atom stereocenters. The predicted molar refractivity (Wildman–Crippen MR) is 130 cm³/mol. The minimum atomic E-state index is -4.56. The molecule has 0 radical (unpaired) electrons. The molecule has 2 N–H and O–H groups in total. The number of nitrogens with one attached hydrogen (secondary N) is 2. The Hall–Kier alpha value is -3.66. The molecule has 0 saturated heterocycles. The maximum absolute atomic E-state index is 14.6. The molecule has 37 heavy (non-hydrogen) atoms. The molecule has 1 saturated carbocycles. The van der Waals surface area contributed by atoms with Crippen molar-refractivity contribution in [2.75, 3.05) is 10.6 Å². The highest BCUT2D eigenvalue weighted by Gasteiger charge is 2.33. The highest BCUT2D eigenvalue weighted by molar-refractivity contribution is 6.31. The van der Waals surface area contributed by atoms with E-state index in [0.29, 0.717) is 11.4 Å². The molecule has 6 nitrogen and oxygen atoms in total. The fourth-order valence-electron chi connectivity index (χ4n) is 3.53. The van der Waals surface area contributed by atoms with Crippen LogP contribution in [0, 0.1) is 11.7 Å². The number of benzene rings is 2. The molecule has 2 amide bonds. The summed E-state index contributed by atoms with van der Waals surface area (Å²) in [5.74, 6) is -0.768. The van der Waals surface area contributed by atoms with E-state index >= 15 is 0 Å². The number of anilines is 2. The summed E-state index contributed by atoms with van der Waals surface area (Å²) in [5.41, 5.74) is -0.309. The Morgan fingerprint density at radius 2 is 1.84 bits per heavy atom. The Labute approximate surface area is 215 Å². The lowest BCUT2D eigenvalue weighted by atomic mass is 10.0. The van der Waals surface area contributed by atoms with Gasteiger partial charge in [-0.2, -0.15) is 13.2 Å². The van der Waals surface area contributed by atoms with E-state index in [2.05, 4.69) is 15.6 Å². The van der Waals surface area contributed by atoms with Crippen molar-refractivity contribution in [3.63, 3.8) is 0 Å². The van der Waals surface area contributed by atoms with Crippen molar-refractivity contribution in [3.05, 3.63) is 76.7 Å². The third-order valence-electron chi connectivity index (χ3n) is 5.58. The number of nitrogens with zero attached hydrogens (tertiary/aromatic N) is 1. The standard InChI is InChI=1S/C26H22ClF4N3O3/c27-20-8-4-15(12-19(20)26(29,30)31)2-1-3-24(35)33-17-7-9-22(21(28)13-17)37-18-10-11-32-23(14-18)34-25(36)16-5-6-16/h4,7-14,16H,1-3,5-6H2,(H,33,35)(H,32,34,36). The minimum absolute atomic E-state index is 0.00579. The van der Waals surface area contributed by atoms with E-state index < -0.39 is 23.5 Å². The first kappa shape index (κ1) is 26.4. The molecule has 1 fully saturated rings. The Kier molecular flexibility index (Phi) is 7.97. The highest BCUT2D eigenvalue weighted by atomic mass is 35.5. The van der Waals surface area contributed by atoms with Gasteiger partial charge in [0, 0.05) is 36.4 Å². The maximum atomic E-state index is 14.6. The van der Waals surface area contributed by atoms with E-state index in [4.69, 9.17) is 16.3 Å². The SMILES string of the molecule is O=C(CCCc1ccc(Cl)c(C(F)(F)F)c1)Nc1ccc(Oc2ccnc(NC(=O)C3CC3)c2)c(F)c1. The highest BCUT2D eigenvalue weighted by Crippen LogP contribution is 2.35. The number of pyridine rings is 1. The van der Waals surface area contributed by atoms with Crippen LogP contribution in [0.4, 0.5) is 29.1 Å². The molecule has 1 aliphatic rings. The van der Waals surface area contributed by atoms with Crippen LogP contribution in [0.25, 0.3) is 0 Å². The third-order valence-corrected chi connectivity index (χ3v) is 5.91. The quantitative estimate of drug-likeness (QED) is 0.289. The zero-order valence-corrected chi connectivity index (χ0v) is 20.1. The molecule has 1 aromatic heterocycles. The lowest BCUT2D eigenvalue weighted by Crippen LogP contribution is -2.14. The van der Waals surface area contributed by atoms with Crippen LogP contribution in [0.15, 0.2) is 54.7 Å². The normalized spacial score (nSPS) is 13.2. The zero-order chi connectivity index (χ0) is 26.6. The van der Waals surface area contributed by atoms with Crippen molar-refractivity contribution in [3.8, 4) is 11.5 Å². The number of carbonyl (C=O) groups excluding carboxylic acids is 2. The Bertz CT molecular complexity index is 1310. The van der Waals surface area contributed by atoms with Gasteiger partial charge in [-0.15, -0.1) is 0 Å². The lowest BCUT2D eigenvalue weighted by molar-refractivity contribution is -0.137. The Morgan fingerprint density at radius 3 is 2.54 bits per heavy atom. The average molecular weight is 536 g/mol. The molecule has 0 spiro atoms. The number of alkyl halides is 3. The number of aryl methyl sites for hydroxylation is 1. The smallest absolute Gasteiger partial charge is 0.417 e. The second-order valence-electron chi connectivity index (χ2n) is 8.60. The molecule has 4 rings (SSSR count). The van der Waals surface area contributed by atoms with Crippen LogP contribution >= 0.6 is 11.6 Å². The van der Waals surface area contributed by atoms with E-state index in [-0.39, 0.29) is 53.3 Å². The number of carbonyl (C=O) groups is 2. The van der Waals surface area contributed by atoms with E-state index in [1.807, 2.05) is 0 Å². The summed E-state index contributed by atoms with van der Waals surface area (Å²) in [7, 11) is 0. The predicted octanol–water partition coefficient (Wildman–Crippen LogP) is 7.00. The topological polar surface area (TPSA) is 80.3 Å². The first-order valence-electron chi connectivity index (χ1n) is 11.5. The van der Waals surface area contributed by atoms with Gasteiger partial charge in [0.25, 0.3) is 0 Å². The second kappa shape index (κ2) is 11.2. The van der Waals surface area contributed by atoms with Crippen molar-refractivity contribution >= 4 is 34.9 Å². The molecular formula is C26H22ClF4N3O3. The van der Waals surface area contributed by atoms with Crippen molar-refractivity contribution in [2.24, 2.45) is 5.92 Å². The zero-order valence-electron chi connectivity index (χ0n) is 19.4. The second-order valence-corrected chi connectivity index (χ2v) is 9.01. The Balaban J connectivity index is 1.29. The third kappa shape index (κ3) is 7.42. The molecule has 11 heteroatoms. The number of amides is 2. The molecule has 2 aromatic carbocycles. The van der Waals surface area contributed by atoms with Crippen molar-refractivity contribution in [2.45, 2.75) is 38.3 Å². The maximum Gasteiger partial charge on any atom is 0.417 e. The van der Waals surface area contributed by atoms with E-state index in [1.165, 1.54) is 42.6 Å². The van der Waals surface area contributed by atoms with Gasteiger partial charge in [-0.05, 0) is 61.6 Å². The van der Waals surface area contributed by atoms with Gasteiger partial charge < -0.3 is 15.4 Å². The van der Waals surface area contributed by atoms with Crippen molar-refractivity contribution in [1.29, 1.82) is 0 Å². The van der Waals surface area contributed by atoms with E-state index in [0.717, 1.165) is 25.0 Å². The van der Waals surface area contributed by atoms with Gasteiger partial charge in [0.1, 0.15) is 11.6 Å².